The Kier molecular flexibility index (Phi) is 4.68. The minimum absolute atomic E-state index is 0.611. The fraction of sp³-hybridized carbons (Fsp3) is 0.312. The van der Waals surface area contributed by atoms with Crippen LogP contribution >= 0.6 is 34.4 Å². The molecule has 2 heterocycles. The van der Waals surface area contributed by atoms with Gasteiger partial charge in [-0.15, -0.1) is 21.5 Å². The monoisotopic (exact) mass is 376 g/mol. The van der Waals surface area contributed by atoms with Crippen molar-refractivity contribution in [2.24, 2.45) is 0 Å². The standard InChI is InChI=1S/C16H16N4OS3/c1-21-13-4-2-3-10(7-13)14-17-12(8-22-14)9-23-16-20-19-15(24-16)18-11-5-6-11/h2-4,7-8,11H,5-6,9H2,1H3,(H,18,19). The number of methoxy groups -OCH3 is 1. The Morgan fingerprint density at radius 1 is 1.33 bits per heavy atom. The van der Waals surface area contributed by atoms with Gasteiger partial charge in [-0.05, 0) is 25.0 Å². The molecule has 1 saturated carbocycles. The van der Waals surface area contributed by atoms with Crippen molar-refractivity contribution < 1.29 is 4.74 Å². The van der Waals surface area contributed by atoms with E-state index >= 15 is 0 Å². The molecule has 0 bridgehead atoms. The zero-order valence-electron chi connectivity index (χ0n) is 13.1. The summed E-state index contributed by atoms with van der Waals surface area (Å²) in [5, 5.41) is 15.8. The van der Waals surface area contributed by atoms with E-state index in [-0.39, 0.29) is 0 Å². The molecule has 1 fully saturated rings. The average Bonchev–Trinajstić information content (AvgIpc) is 3.11. The van der Waals surface area contributed by atoms with E-state index in [0.717, 1.165) is 37.2 Å². The van der Waals surface area contributed by atoms with Crippen LogP contribution in [-0.2, 0) is 5.75 Å². The SMILES string of the molecule is COc1cccc(-c2nc(CSc3nnc(NC4CC4)s3)cs2)c1. The Bertz CT molecular complexity index is 828. The van der Waals surface area contributed by atoms with Crippen LogP contribution in [0.4, 0.5) is 5.13 Å². The summed E-state index contributed by atoms with van der Waals surface area (Å²) in [6.45, 7) is 0. The lowest BCUT2D eigenvalue weighted by Crippen LogP contribution is -1.99. The van der Waals surface area contributed by atoms with Crippen LogP contribution < -0.4 is 10.1 Å². The number of thiazole rings is 1. The zero-order valence-corrected chi connectivity index (χ0v) is 15.5. The van der Waals surface area contributed by atoms with Crippen LogP contribution in [0.25, 0.3) is 10.6 Å². The van der Waals surface area contributed by atoms with E-state index in [2.05, 4.69) is 27.0 Å². The lowest BCUT2D eigenvalue weighted by atomic mass is 10.2. The third kappa shape index (κ3) is 3.88. The van der Waals surface area contributed by atoms with E-state index in [1.807, 2.05) is 18.2 Å². The lowest BCUT2D eigenvalue weighted by molar-refractivity contribution is 0.415. The van der Waals surface area contributed by atoms with Crippen molar-refractivity contribution in [3.63, 3.8) is 0 Å². The van der Waals surface area contributed by atoms with Crippen LogP contribution in [0, 0.1) is 0 Å². The first-order valence-electron chi connectivity index (χ1n) is 7.62. The van der Waals surface area contributed by atoms with E-state index in [4.69, 9.17) is 9.72 Å². The van der Waals surface area contributed by atoms with Gasteiger partial charge in [0.25, 0.3) is 0 Å². The van der Waals surface area contributed by atoms with Crippen molar-refractivity contribution in [3.8, 4) is 16.3 Å². The molecule has 124 valence electrons. The van der Waals surface area contributed by atoms with Gasteiger partial charge in [0.1, 0.15) is 10.8 Å². The van der Waals surface area contributed by atoms with E-state index < -0.39 is 0 Å². The van der Waals surface area contributed by atoms with Crippen LogP contribution in [0.2, 0.25) is 0 Å². The summed E-state index contributed by atoms with van der Waals surface area (Å²) < 4.78 is 6.26. The van der Waals surface area contributed by atoms with Crippen molar-refractivity contribution in [2.75, 3.05) is 12.4 Å². The van der Waals surface area contributed by atoms with Crippen LogP contribution in [0.15, 0.2) is 34.0 Å². The maximum atomic E-state index is 5.28. The van der Waals surface area contributed by atoms with Gasteiger partial charge in [-0.25, -0.2) is 4.98 Å². The van der Waals surface area contributed by atoms with Crippen LogP contribution in [0.1, 0.15) is 18.5 Å². The number of thioether (sulfide) groups is 1. The molecule has 2 aromatic heterocycles. The molecule has 5 nitrogen and oxygen atoms in total. The number of aromatic nitrogens is 3. The highest BCUT2D eigenvalue weighted by molar-refractivity contribution is 8.00. The number of benzene rings is 1. The van der Waals surface area contributed by atoms with Crippen molar-refractivity contribution in [1.29, 1.82) is 0 Å². The number of anilines is 1. The Labute approximate surface area is 152 Å². The molecule has 1 aliphatic rings. The Morgan fingerprint density at radius 3 is 3.08 bits per heavy atom. The second-order valence-corrected chi connectivity index (χ2v) is 8.51. The second kappa shape index (κ2) is 7.08. The molecule has 0 radical (unpaired) electrons. The number of nitrogens with zero attached hydrogens (tertiary/aromatic N) is 3. The Hall–Kier alpha value is -1.64. The molecule has 1 aromatic carbocycles. The number of hydrogen-bond acceptors (Lipinski definition) is 8. The molecule has 24 heavy (non-hydrogen) atoms. The summed E-state index contributed by atoms with van der Waals surface area (Å²) in [6.07, 6.45) is 2.49. The highest BCUT2D eigenvalue weighted by atomic mass is 32.2. The van der Waals surface area contributed by atoms with Gasteiger partial charge in [0.05, 0.1) is 12.8 Å². The molecule has 0 amide bonds. The molecule has 0 saturated heterocycles. The van der Waals surface area contributed by atoms with Crippen LogP contribution in [-0.4, -0.2) is 28.3 Å². The first-order valence-corrected chi connectivity index (χ1v) is 10.3. The van der Waals surface area contributed by atoms with E-state index in [1.54, 1.807) is 41.5 Å². The quantitative estimate of drug-likeness (QED) is 0.611. The molecule has 1 N–H and O–H groups in total. The van der Waals surface area contributed by atoms with E-state index in [9.17, 15) is 0 Å². The Morgan fingerprint density at radius 2 is 2.25 bits per heavy atom. The van der Waals surface area contributed by atoms with Gasteiger partial charge in [0.2, 0.25) is 5.13 Å². The minimum Gasteiger partial charge on any atom is -0.497 e. The minimum atomic E-state index is 0.611. The summed E-state index contributed by atoms with van der Waals surface area (Å²) in [4.78, 5) is 4.72. The highest BCUT2D eigenvalue weighted by Crippen LogP contribution is 2.33. The zero-order chi connectivity index (χ0) is 16.4. The second-order valence-electron chi connectivity index (χ2n) is 5.46. The predicted molar refractivity (Wildman–Crippen MR) is 100 cm³/mol. The predicted octanol–water partition coefficient (Wildman–Crippen LogP) is 4.54. The van der Waals surface area contributed by atoms with Crippen LogP contribution in [0.5, 0.6) is 5.75 Å². The molecule has 0 atom stereocenters. The maximum Gasteiger partial charge on any atom is 0.206 e. The van der Waals surface area contributed by atoms with Crippen molar-refractivity contribution in [1.82, 2.24) is 15.2 Å². The normalized spacial score (nSPS) is 13.9. The number of rotatable bonds is 7. The van der Waals surface area contributed by atoms with Crippen molar-refractivity contribution in [2.45, 2.75) is 29.0 Å². The maximum absolute atomic E-state index is 5.28. The average molecular weight is 377 g/mol. The topological polar surface area (TPSA) is 59.9 Å². The molecule has 0 aliphatic heterocycles. The largest absolute Gasteiger partial charge is 0.497 e. The Balaban J connectivity index is 1.38. The molecule has 1 aliphatic carbocycles. The molecule has 0 spiro atoms. The fourth-order valence-electron chi connectivity index (χ4n) is 2.13. The molecule has 0 unspecified atom stereocenters. The fourth-order valence-corrected chi connectivity index (χ4v) is 4.77. The van der Waals surface area contributed by atoms with E-state index in [1.165, 1.54) is 12.8 Å². The lowest BCUT2D eigenvalue weighted by Gasteiger charge is -2.01. The third-order valence-electron chi connectivity index (χ3n) is 3.52. The summed E-state index contributed by atoms with van der Waals surface area (Å²) >= 11 is 4.95. The number of nitrogens with one attached hydrogen (secondary N) is 1. The van der Waals surface area contributed by atoms with Gasteiger partial charge in [0.15, 0.2) is 4.34 Å². The molecule has 8 heteroatoms. The van der Waals surface area contributed by atoms with E-state index in [0.29, 0.717) is 6.04 Å². The number of hydrogen-bond donors (Lipinski definition) is 1. The highest BCUT2D eigenvalue weighted by Gasteiger charge is 2.22. The van der Waals surface area contributed by atoms with Gasteiger partial charge in [-0.2, -0.15) is 0 Å². The summed E-state index contributed by atoms with van der Waals surface area (Å²) in [5.74, 6) is 1.65. The van der Waals surface area contributed by atoms with Gasteiger partial charge in [-0.1, -0.05) is 35.2 Å². The summed E-state index contributed by atoms with van der Waals surface area (Å²) in [6, 6.07) is 8.60. The molecule has 4 rings (SSSR count). The van der Waals surface area contributed by atoms with Gasteiger partial charge in [0, 0.05) is 22.7 Å². The van der Waals surface area contributed by atoms with Crippen molar-refractivity contribution in [3.05, 3.63) is 35.3 Å². The van der Waals surface area contributed by atoms with Gasteiger partial charge < -0.3 is 10.1 Å². The summed E-state index contributed by atoms with van der Waals surface area (Å²) in [7, 11) is 1.68. The first kappa shape index (κ1) is 15.9. The molecular formula is C16H16N4OS3. The van der Waals surface area contributed by atoms with Gasteiger partial charge >= 0.3 is 0 Å². The number of ether oxygens (including phenoxy) is 1. The van der Waals surface area contributed by atoms with Crippen LogP contribution in [0.3, 0.4) is 0 Å². The molecular weight excluding hydrogens is 360 g/mol. The third-order valence-corrected chi connectivity index (χ3v) is 6.48. The smallest absolute Gasteiger partial charge is 0.206 e. The summed E-state index contributed by atoms with van der Waals surface area (Å²) in [5.41, 5.74) is 2.15. The first-order chi connectivity index (χ1) is 11.8. The van der Waals surface area contributed by atoms with Gasteiger partial charge in [-0.3, -0.25) is 0 Å². The van der Waals surface area contributed by atoms with Crippen molar-refractivity contribution >= 4 is 39.6 Å². The molecule has 3 aromatic rings.